The summed E-state index contributed by atoms with van der Waals surface area (Å²) in [5.41, 5.74) is 0. The third-order valence-corrected chi connectivity index (χ3v) is 4.70. The molecule has 0 heterocycles. The highest BCUT2D eigenvalue weighted by Gasteiger charge is 2.44. The highest BCUT2D eigenvalue weighted by atomic mass is 16.6. The van der Waals surface area contributed by atoms with Crippen molar-refractivity contribution in [3.63, 3.8) is 0 Å². The Bertz CT molecular complexity index is 274. The summed E-state index contributed by atoms with van der Waals surface area (Å²) >= 11 is 0. The fourth-order valence-electron chi connectivity index (χ4n) is 3.38. The van der Waals surface area contributed by atoms with Crippen LogP contribution < -0.4 is 5.32 Å². The second-order valence-corrected chi connectivity index (χ2v) is 6.20. The van der Waals surface area contributed by atoms with Crippen LogP contribution in [0.5, 0.6) is 0 Å². The molecular weight excluding hydrogens is 254 g/mol. The van der Waals surface area contributed by atoms with Crippen LogP contribution in [0.15, 0.2) is 0 Å². The SMILES string of the molecule is CCNC1CC(OC2CCCCC2C)C1OCCOC. The Labute approximate surface area is 123 Å². The van der Waals surface area contributed by atoms with Gasteiger partial charge in [-0.25, -0.2) is 0 Å². The van der Waals surface area contributed by atoms with Gasteiger partial charge in [-0.05, 0) is 31.7 Å². The average Bonchev–Trinajstić information content (AvgIpc) is 2.44. The summed E-state index contributed by atoms with van der Waals surface area (Å²) < 4.78 is 17.4. The normalized spacial score (nSPS) is 37.6. The van der Waals surface area contributed by atoms with Gasteiger partial charge in [0.1, 0.15) is 0 Å². The van der Waals surface area contributed by atoms with E-state index in [1.807, 2.05) is 0 Å². The molecule has 2 rings (SSSR count). The zero-order valence-corrected chi connectivity index (χ0v) is 13.3. The second kappa shape index (κ2) is 8.32. The van der Waals surface area contributed by atoms with Crippen LogP contribution in [0.2, 0.25) is 0 Å². The summed E-state index contributed by atoms with van der Waals surface area (Å²) in [6.45, 7) is 6.76. The van der Waals surface area contributed by atoms with Gasteiger partial charge in [-0.3, -0.25) is 0 Å². The molecule has 5 unspecified atom stereocenters. The zero-order valence-electron chi connectivity index (χ0n) is 13.3. The molecule has 2 aliphatic rings. The Morgan fingerprint density at radius 3 is 2.60 bits per heavy atom. The molecule has 4 nitrogen and oxygen atoms in total. The van der Waals surface area contributed by atoms with Crippen LogP contribution >= 0.6 is 0 Å². The number of likely N-dealkylation sites (N-methyl/N-ethyl adjacent to an activating group) is 1. The maximum atomic E-state index is 6.35. The van der Waals surface area contributed by atoms with Gasteiger partial charge in [0.25, 0.3) is 0 Å². The van der Waals surface area contributed by atoms with Crippen LogP contribution in [0.1, 0.15) is 46.0 Å². The van der Waals surface area contributed by atoms with E-state index in [-0.39, 0.29) is 12.2 Å². The van der Waals surface area contributed by atoms with Crippen LogP contribution in [0.3, 0.4) is 0 Å². The number of rotatable bonds is 8. The smallest absolute Gasteiger partial charge is 0.0991 e. The van der Waals surface area contributed by atoms with Crippen molar-refractivity contribution >= 4 is 0 Å². The van der Waals surface area contributed by atoms with Gasteiger partial charge in [0.15, 0.2) is 0 Å². The van der Waals surface area contributed by atoms with Crippen LogP contribution in [0.4, 0.5) is 0 Å². The first-order valence-electron chi connectivity index (χ1n) is 8.25. The van der Waals surface area contributed by atoms with Crippen LogP contribution in [-0.4, -0.2) is 51.2 Å². The predicted octanol–water partition coefficient (Wildman–Crippen LogP) is 2.36. The van der Waals surface area contributed by atoms with E-state index < -0.39 is 0 Å². The lowest BCUT2D eigenvalue weighted by Crippen LogP contribution is -2.61. The molecule has 0 saturated heterocycles. The molecule has 4 heteroatoms. The molecule has 0 amide bonds. The van der Waals surface area contributed by atoms with Gasteiger partial charge < -0.3 is 19.5 Å². The highest BCUT2D eigenvalue weighted by molar-refractivity contribution is 4.98. The van der Waals surface area contributed by atoms with E-state index in [4.69, 9.17) is 14.2 Å². The topological polar surface area (TPSA) is 39.7 Å². The monoisotopic (exact) mass is 285 g/mol. The molecule has 0 aliphatic heterocycles. The van der Waals surface area contributed by atoms with Crippen LogP contribution in [0.25, 0.3) is 0 Å². The van der Waals surface area contributed by atoms with Gasteiger partial charge in [0.05, 0.1) is 31.5 Å². The lowest BCUT2D eigenvalue weighted by Gasteiger charge is -2.46. The van der Waals surface area contributed by atoms with Crippen molar-refractivity contribution in [1.29, 1.82) is 0 Å². The van der Waals surface area contributed by atoms with E-state index in [1.165, 1.54) is 25.7 Å². The van der Waals surface area contributed by atoms with Gasteiger partial charge in [-0.2, -0.15) is 0 Å². The van der Waals surface area contributed by atoms with E-state index in [1.54, 1.807) is 7.11 Å². The first kappa shape index (κ1) is 16.2. The Morgan fingerprint density at radius 1 is 1.10 bits per heavy atom. The molecule has 2 fully saturated rings. The van der Waals surface area contributed by atoms with Crippen molar-refractivity contribution in [3.05, 3.63) is 0 Å². The fraction of sp³-hybridized carbons (Fsp3) is 1.00. The van der Waals surface area contributed by atoms with Crippen LogP contribution in [-0.2, 0) is 14.2 Å². The Hall–Kier alpha value is -0.160. The molecule has 2 saturated carbocycles. The summed E-state index contributed by atoms with van der Waals surface area (Å²) in [6.07, 6.45) is 7.17. The minimum Gasteiger partial charge on any atom is -0.382 e. The Morgan fingerprint density at radius 2 is 1.90 bits per heavy atom. The van der Waals surface area contributed by atoms with Crippen molar-refractivity contribution < 1.29 is 14.2 Å². The van der Waals surface area contributed by atoms with Crippen molar-refractivity contribution in [2.24, 2.45) is 5.92 Å². The summed E-state index contributed by atoms with van der Waals surface area (Å²) in [5.74, 6) is 0.696. The first-order valence-corrected chi connectivity index (χ1v) is 8.25. The van der Waals surface area contributed by atoms with E-state index in [2.05, 4.69) is 19.2 Å². The second-order valence-electron chi connectivity index (χ2n) is 6.20. The third kappa shape index (κ3) is 4.17. The molecule has 0 radical (unpaired) electrons. The number of nitrogens with one attached hydrogen (secondary N) is 1. The number of hydrogen-bond donors (Lipinski definition) is 1. The van der Waals surface area contributed by atoms with Crippen LogP contribution in [0, 0.1) is 5.92 Å². The van der Waals surface area contributed by atoms with Gasteiger partial charge in [0.2, 0.25) is 0 Å². The van der Waals surface area contributed by atoms with Crippen molar-refractivity contribution in [2.75, 3.05) is 26.9 Å². The fourth-order valence-corrected chi connectivity index (χ4v) is 3.38. The lowest BCUT2D eigenvalue weighted by molar-refractivity contribution is -0.183. The molecule has 118 valence electrons. The summed E-state index contributed by atoms with van der Waals surface area (Å²) in [6, 6.07) is 0.445. The molecule has 2 aliphatic carbocycles. The minimum absolute atomic E-state index is 0.194. The van der Waals surface area contributed by atoms with E-state index in [0.29, 0.717) is 31.3 Å². The van der Waals surface area contributed by atoms with Gasteiger partial charge in [-0.1, -0.05) is 26.7 Å². The molecule has 20 heavy (non-hydrogen) atoms. The standard InChI is InChI=1S/C16H31NO3/c1-4-17-13-11-15(16(13)19-10-9-18-3)20-14-8-6-5-7-12(14)2/h12-17H,4-11H2,1-3H3. The van der Waals surface area contributed by atoms with E-state index in [9.17, 15) is 0 Å². The quantitative estimate of drug-likeness (QED) is 0.695. The molecule has 1 N–H and O–H groups in total. The minimum atomic E-state index is 0.194. The summed E-state index contributed by atoms with van der Waals surface area (Å²) in [7, 11) is 1.71. The van der Waals surface area contributed by atoms with E-state index >= 15 is 0 Å². The van der Waals surface area contributed by atoms with Gasteiger partial charge in [0, 0.05) is 13.2 Å². The van der Waals surface area contributed by atoms with Crippen molar-refractivity contribution in [3.8, 4) is 0 Å². The summed E-state index contributed by atoms with van der Waals surface area (Å²) in [5, 5.41) is 3.49. The molecule has 5 atom stereocenters. The third-order valence-electron chi connectivity index (χ3n) is 4.70. The lowest BCUT2D eigenvalue weighted by atomic mass is 9.83. The molecular formula is C16H31NO3. The number of methoxy groups -OCH3 is 1. The molecule has 0 bridgehead atoms. The first-order chi connectivity index (χ1) is 9.76. The Balaban J connectivity index is 1.79. The average molecular weight is 285 g/mol. The predicted molar refractivity (Wildman–Crippen MR) is 80.0 cm³/mol. The van der Waals surface area contributed by atoms with Gasteiger partial charge >= 0.3 is 0 Å². The Kier molecular flexibility index (Phi) is 6.75. The molecule has 0 aromatic heterocycles. The number of ether oxygens (including phenoxy) is 3. The molecule has 0 aromatic carbocycles. The van der Waals surface area contributed by atoms with E-state index in [0.717, 1.165) is 13.0 Å². The highest BCUT2D eigenvalue weighted by Crippen LogP contribution is 2.34. The number of hydrogen-bond acceptors (Lipinski definition) is 4. The summed E-state index contributed by atoms with van der Waals surface area (Å²) in [4.78, 5) is 0. The molecule has 0 aromatic rings. The zero-order chi connectivity index (χ0) is 14.4. The largest absolute Gasteiger partial charge is 0.382 e. The maximum absolute atomic E-state index is 6.35. The van der Waals surface area contributed by atoms with Crippen molar-refractivity contribution in [2.45, 2.75) is 70.3 Å². The van der Waals surface area contributed by atoms with Crippen molar-refractivity contribution in [1.82, 2.24) is 5.32 Å². The van der Waals surface area contributed by atoms with Gasteiger partial charge in [-0.15, -0.1) is 0 Å². The molecule has 0 spiro atoms. The maximum Gasteiger partial charge on any atom is 0.0991 e.